The van der Waals surface area contributed by atoms with Gasteiger partial charge in [0, 0.05) is 12.8 Å². The minimum atomic E-state index is -4.70. The molecule has 0 rings (SSSR count). The van der Waals surface area contributed by atoms with Crippen LogP contribution in [0.2, 0.25) is 0 Å². The van der Waals surface area contributed by atoms with Gasteiger partial charge in [0.05, 0.1) is 33.8 Å². The minimum Gasteiger partial charge on any atom is -0.756 e. The second kappa shape index (κ2) is 65.2. The van der Waals surface area contributed by atoms with Gasteiger partial charge in [-0.1, -0.05) is 340 Å². The summed E-state index contributed by atoms with van der Waals surface area (Å²) in [5, 5.41) is 3.05. The molecular weight excluding hydrogens is 1070 g/mol. The number of rotatable bonds is 69. The zero-order chi connectivity index (χ0) is 62.1. The van der Waals surface area contributed by atoms with Crippen LogP contribution in [0.4, 0.5) is 0 Å². The lowest BCUT2D eigenvalue weighted by molar-refractivity contribution is -0.870. The Morgan fingerprint density at radius 2 is 0.718 bits per heavy atom. The number of hydrogen-bond donors (Lipinski definition) is 1. The molecule has 0 radical (unpaired) electrons. The summed E-state index contributed by atoms with van der Waals surface area (Å²) < 4.78 is 30.5. The Kier molecular flexibility index (Phi) is 63.8. The van der Waals surface area contributed by atoms with Crippen LogP contribution < -0.4 is 10.2 Å². The lowest BCUT2D eigenvalue weighted by Crippen LogP contribution is -2.47. The van der Waals surface area contributed by atoms with Crippen LogP contribution in [0, 0.1) is 0 Å². The third-order valence-corrected chi connectivity index (χ3v) is 18.0. The maximum Gasteiger partial charge on any atom is 0.306 e. The first-order valence-electron chi connectivity index (χ1n) is 37.3. The molecule has 85 heavy (non-hydrogen) atoms. The summed E-state index contributed by atoms with van der Waals surface area (Å²) in [6, 6.07) is -0.884. The highest BCUT2D eigenvalue weighted by Crippen LogP contribution is 2.38. The van der Waals surface area contributed by atoms with Gasteiger partial charge in [-0.3, -0.25) is 14.2 Å². The number of carbonyl (C=O) groups is 2. The van der Waals surface area contributed by atoms with E-state index >= 15 is 0 Å². The Morgan fingerprint density at radius 1 is 0.412 bits per heavy atom. The van der Waals surface area contributed by atoms with Gasteiger partial charge in [0.2, 0.25) is 5.91 Å². The van der Waals surface area contributed by atoms with Crippen molar-refractivity contribution < 1.29 is 37.3 Å². The standard InChI is InChI=1S/C75H145N2O7P/c1-7-10-13-16-19-22-25-27-29-31-33-35-36-37-38-39-40-42-43-45-47-49-52-55-58-61-64-67-74(78)76-72(71-83-85(80,81)82-70-69-77(4,5)6)73(66-63-60-57-54-51-24-21-18-15-12-9-3)84-75(79)68-65-62-59-56-53-50-48-46-44-41-34-32-30-28-26-23-20-17-14-11-8-2/h19,22,27,29,63,66,72-73H,7-18,20-21,23-26,28,30-62,64-65,67-71H2,1-6H3,(H-,76,78,80,81)/b22-19-,29-27-,66-63-. The van der Waals surface area contributed by atoms with E-state index in [9.17, 15) is 19.0 Å². The lowest BCUT2D eigenvalue weighted by Gasteiger charge is -2.30. The maximum atomic E-state index is 13.6. The molecule has 9 nitrogen and oxygen atoms in total. The van der Waals surface area contributed by atoms with E-state index in [4.69, 9.17) is 13.8 Å². The Morgan fingerprint density at radius 3 is 1.08 bits per heavy atom. The largest absolute Gasteiger partial charge is 0.756 e. The number of carbonyl (C=O) groups excluding carboxylic acids is 2. The first-order valence-corrected chi connectivity index (χ1v) is 38.8. The average Bonchev–Trinajstić information content (AvgIpc) is 3.64. The molecule has 0 aromatic carbocycles. The molecule has 0 bridgehead atoms. The average molecular weight is 1220 g/mol. The van der Waals surface area contributed by atoms with E-state index in [-0.39, 0.29) is 31.5 Å². The summed E-state index contributed by atoms with van der Waals surface area (Å²) >= 11 is 0. The van der Waals surface area contributed by atoms with Gasteiger partial charge >= 0.3 is 5.97 Å². The van der Waals surface area contributed by atoms with E-state index in [0.29, 0.717) is 17.4 Å². The first kappa shape index (κ1) is 83.2. The Bertz CT molecular complexity index is 1550. The van der Waals surface area contributed by atoms with Crippen LogP contribution in [0.3, 0.4) is 0 Å². The fourth-order valence-corrected chi connectivity index (χ4v) is 12.0. The van der Waals surface area contributed by atoms with Crippen molar-refractivity contribution in [1.29, 1.82) is 0 Å². The normalized spacial score (nSPS) is 13.6. The van der Waals surface area contributed by atoms with Crippen molar-refractivity contribution in [3.05, 3.63) is 36.5 Å². The number of allylic oxidation sites excluding steroid dienone is 5. The monoisotopic (exact) mass is 1220 g/mol. The van der Waals surface area contributed by atoms with Crippen molar-refractivity contribution in [2.45, 2.75) is 392 Å². The molecule has 0 aromatic heterocycles. The molecule has 3 unspecified atom stereocenters. The molecule has 1 amide bonds. The van der Waals surface area contributed by atoms with Gasteiger partial charge in [-0.15, -0.1) is 0 Å². The number of quaternary nitrogens is 1. The number of hydrogen-bond acceptors (Lipinski definition) is 7. The second-order valence-corrected chi connectivity index (χ2v) is 28.2. The van der Waals surface area contributed by atoms with Crippen molar-refractivity contribution >= 4 is 19.7 Å². The summed E-state index contributed by atoms with van der Waals surface area (Å²) in [6.07, 6.45) is 81.4. The lowest BCUT2D eigenvalue weighted by atomic mass is 10.0. The Balaban J connectivity index is 4.91. The minimum absolute atomic E-state index is 0.0186. The molecule has 502 valence electrons. The van der Waals surface area contributed by atoms with Crippen LogP contribution in [0.15, 0.2) is 36.5 Å². The third-order valence-electron chi connectivity index (χ3n) is 17.1. The second-order valence-electron chi connectivity index (χ2n) is 26.8. The maximum absolute atomic E-state index is 13.6. The quantitative estimate of drug-likeness (QED) is 0.0212. The molecule has 0 saturated heterocycles. The molecule has 0 aromatic rings. The highest BCUT2D eigenvalue weighted by Gasteiger charge is 2.27. The molecule has 0 heterocycles. The van der Waals surface area contributed by atoms with Crippen LogP contribution >= 0.6 is 7.82 Å². The number of amides is 1. The summed E-state index contributed by atoms with van der Waals surface area (Å²) in [4.78, 5) is 40.2. The predicted molar refractivity (Wildman–Crippen MR) is 367 cm³/mol. The molecule has 10 heteroatoms. The number of phosphoric acid groups is 1. The molecule has 3 atom stereocenters. The van der Waals surface area contributed by atoms with Crippen molar-refractivity contribution in [3.8, 4) is 0 Å². The number of nitrogens with zero attached hydrogens (tertiary/aromatic N) is 1. The third kappa shape index (κ3) is 66.5. The number of ether oxygens (including phenoxy) is 1. The van der Waals surface area contributed by atoms with E-state index < -0.39 is 20.0 Å². The molecular formula is C75H145N2O7P. The summed E-state index contributed by atoms with van der Waals surface area (Å²) in [5.41, 5.74) is 0. The van der Waals surface area contributed by atoms with Crippen molar-refractivity contribution in [2.24, 2.45) is 0 Å². The zero-order valence-electron chi connectivity index (χ0n) is 57.6. The predicted octanol–water partition coefficient (Wildman–Crippen LogP) is 23.2. The van der Waals surface area contributed by atoms with Gasteiger partial charge in [0.1, 0.15) is 19.3 Å². The summed E-state index contributed by atoms with van der Waals surface area (Å²) in [6.45, 7) is 6.88. The van der Waals surface area contributed by atoms with E-state index in [1.165, 1.54) is 283 Å². The molecule has 0 aliphatic heterocycles. The van der Waals surface area contributed by atoms with Crippen molar-refractivity contribution in [2.75, 3.05) is 40.9 Å². The van der Waals surface area contributed by atoms with Crippen LogP contribution in [-0.4, -0.2) is 69.4 Å². The number of phosphoric ester groups is 1. The fraction of sp³-hybridized carbons (Fsp3) is 0.893. The molecule has 0 aliphatic carbocycles. The summed E-state index contributed by atoms with van der Waals surface area (Å²) in [7, 11) is 1.21. The van der Waals surface area contributed by atoms with E-state index in [0.717, 1.165) is 64.2 Å². The fourth-order valence-electron chi connectivity index (χ4n) is 11.3. The highest BCUT2D eigenvalue weighted by atomic mass is 31.2. The first-order chi connectivity index (χ1) is 41.4. The molecule has 0 saturated carbocycles. The van der Waals surface area contributed by atoms with Gasteiger partial charge < -0.3 is 28.5 Å². The smallest absolute Gasteiger partial charge is 0.306 e. The number of unbranched alkanes of at least 4 members (excludes halogenated alkanes) is 49. The molecule has 0 spiro atoms. The van der Waals surface area contributed by atoms with Gasteiger partial charge in [0.25, 0.3) is 7.82 Å². The van der Waals surface area contributed by atoms with Gasteiger partial charge in [-0.05, 0) is 63.9 Å². The number of esters is 1. The van der Waals surface area contributed by atoms with Crippen LogP contribution in [0.25, 0.3) is 0 Å². The van der Waals surface area contributed by atoms with E-state index in [1.54, 1.807) is 0 Å². The van der Waals surface area contributed by atoms with Crippen LogP contribution in [0.1, 0.15) is 380 Å². The topological polar surface area (TPSA) is 114 Å². The van der Waals surface area contributed by atoms with Gasteiger partial charge in [0.15, 0.2) is 0 Å². The van der Waals surface area contributed by atoms with Crippen LogP contribution in [-0.2, 0) is 27.9 Å². The molecule has 1 N–H and O–H groups in total. The zero-order valence-corrected chi connectivity index (χ0v) is 58.5. The highest BCUT2D eigenvalue weighted by molar-refractivity contribution is 7.45. The Hall–Kier alpha value is -1.77. The molecule has 0 fully saturated rings. The van der Waals surface area contributed by atoms with Crippen molar-refractivity contribution in [3.63, 3.8) is 0 Å². The van der Waals surface area contributed by atoms with E-state index in [1.807, 2.05) is 33.3 Å². The number of likely N-dealkylation sites (N-methyl/N-ethyl adjacent to an activating group) is 1. The number of nitrogens with one attached hydrogen (secondary N) is 1. The van der Waals surface area contributed by atoms with E-state index in [2.05, 4.69) is 50.4 Å². The van der Waals surface area contributed by atoms with Crippen LogP contribution in [0.5, 0.6) is 0 Å². The molecule has 0 aliphatic rings. The SMILES string of the molecule is CCCCC/C=C\C/C=C\CCCCCCCCCCCCCCCCCCCC(=O)NC(COP(=O)([O-])OCC[N+](C)(C)C)C(/C=C\CCCCCCCCCCC)OC(=O)CCCCCCCCCCCCCCCCCCCCCCC. The van der Waals surface area contributed by atoms with Gasteiger partial charge in [-0.2, -0.15) is 0 Å². The van der Waals surface area contributed by atoms with Gasteiger partial charge in [-0.25, -0.2) is 0 Å². The van der Waals surface area contributed by atoms with Crippen molar-refractivity contribution in [1.82, 2.24) is 5.32 Å². The Labute approximate surface area is 529 Å². The summed E-state index contributed by atoms with van der Waals surface area (Å²) in [5.74, 6) is -0.518.